The van der Waals surface area contributed by atoms with E-state index in [9.17, 15) is 28.8 Å². The van der Waals surface area contributed by atoms with Crippen molar-refractivity contribution in [3.63, 3.8) is 0 Å². The van der Waals surface area contributed by atoms with Gasteiger partial charge in [0.15, 0.2) is 6.61 Å². The van der Waals surface area contributed by atoms with Crippen LogP contribution in [0.3, 0.4) is 0 Å². The number of rotatable bonds is 7. The van der Waals surface area contributed by atoms with Crippen LogP contribution in [0.25, 0.3) is 0 Å². The summed E-state index contributed by atoms with van der Waals surface area (Å²) in [4.78, 5) is 72.0. The normalized spacial score (nSPS) is 18.0. The molecule has 2 heterocycles. The molecule has 30 heavy (non-hydrogen) atoms. The summed E-state index contributed by atoms with van der Waals surface area (Å²) in [5.74, 6) is -3.18. The summed E-state index contributed by atoms with van der Waals surface area (Å²) in [5.41, 5.74) is -0.0270. The lowest BCUT2D eigenvalue weighted by Crippen LogP contribution is -2.54. The molecule has 1 aromatic rings. The standard InChI is InChI=1S/C18H18N4O8/c23-12-5-4-10(15(25)21-12)22-16(26)9-2-1-3-11(14(9)17(22)27)30-8-13(24)19-6-7-20-18(28)29/h1-3,10,20H,4-8H2,(H,19,24)(H,28,29)(H,21,23,25). The van der Waals surface area contributed by atoms with E-state index in [1.807, 2.05) is 0 Å². The van der Waals surface area contributed by atoms with Crippen LogP contribution in [0.4, 0.5) is 4.79 Å². The Morgan fingerprint density at radius 1 is 1.13 bits per heavy atom. The van der Waals surface area contributed by atoms with Crippen molar-refractivity contribution >= 4 is 35.6 Å². The van der Waals surface area contributed by atoms with E-state index in [0.29, 0.717) is 0 Å². The van der Waals surface area contributed by atoms with Crippen molar-refractivity contribution in [3.8, 4) is 5.75 Å². The first-order valence-electron chi connectivity index (χ1n) is 9.00. The van der Waals surface area contributed by atoms with Crippen LogP contribution in [-0.4, -0.2) is 71.4 Å². The van der Waals surface area contributed by atoms with Crippen molar-refractivity contribution in [1.82, 2.24) is 20.9 Å². The number of carbonyl (C=O) groups excluding carboxylic acids is 5. The number of nitrogens with zero attached hydrogens (tertiary/aromatic N) is 1. The zero-order valence-corrected chi connectivity index (χ0v) is 15.6. The number of benzene rings is 1. The predicted octanol–water partition coefficient (Wildman–Crippen LogP) is -1.15. The van der Waals surface area contributed by atoms with E-state index in [0.717, 1.165) is 4.90 Å². The largest absolute Gasteiger partial charge is 0.483 e. The third-order valence-electron chi connectivity index (χ3n) is 4.51. The predicted molar refractivity (Wildman–Crippen MR) is 97.6 cm³/mol. The van der Waals surface area contributed by atoms with Gasteiger partial charge in [0.05, 0.1) is 11.1 Å². The molecule has 1 atom stereocenters. The SMILES string of the molecule is O=C(O)NCCNC(=O)COc1cccc2c1C(=O)N(C1CCC(=O)NC1=O)C2=O. The number of hydrogen-bond donors (Lipinski definition) is 4. The molecule has 1 saturated heterocycles. The average molecular weight is 418 g/mol. The maximum Gasteiger partial charge on any atom is 0.404 e. The minimum absolute atomic E-state index is 0.000505. The molecule has 6 amide bonds. The fraction of sp³-hybridized carbons (Fsp3) is 0.333. The molecule has 12 nitrogen and oxygen atoms in total. The van der Waals surface area contributed by atoms with Crippen molar-refractivity contribution in [2.45, 2.75) is 18.9 Å². The molecule has 4 N–H and O–H groups in total. The van der Waals surface area contributed by atoms with Gasteiger partial charge in [-0.05, 0) is 18.6 Å². The van der Waals surface area contributed by atoms with Gasteiger partial charge in [0.2, 0.25) is 11.8 Å². The monoisotopic (exact) mass is 418 g/mol. The molecule has 1 fully saturated rings. The lowest BCUT2D eigenvalue weighted by atomic mass is 10.0. The van der Waals surface area contributed by atoms with E-state index >= 15 is 0 Å². The number of fused-ring (bicyclic) bond motifs is 1. The van der Waals surface area contributed by atoms with E-state index in [-0.39, 0.29) is 42.8 Å². The van der Waals surface area contributed by atoms with Gasteiger partial charge in [-0.25, -0.2) is 4.79 Å². The van der Waals surface area contributed by atoms with E-state index < -0.39 is 48.3 Å². The fourth-order valence-corrected chi connectivity index (χ4v) is 3.17. The van der Waals surface area contributed by atoms with E-state index in [1.54, 1.807) is 0 Å². The second-order valence-corrected chi connectivity index (χ2v) is 6.50. The lowest BCUT2D eigenvalue weighted by Gasteiger charge is -2.27. The van der Waals surface area contributed by atoms with E-state index in [1.165, 1.54) is 18.2 Å². The van der Waals surface area contributed by atoms with Gasteiger partial charge in [0.25, 0.3) is 17.7 Å². The molecule has 0 spiro atoms. The highest BCUT2D eigenvalue weighted by Gasteiger charge is 2.46. The van der Waals surface area contributed by atoms with Crippen LogP contribution in [0.2, 0.25) is 0 Å². The molecule has 0 aromatic heterocycles. The topological polar surface area (TPSA) is 171 Å². The van der Waals surface area contributed by atoms with Crippen LogP contribution in [0.5, 0.6) is 5.75 Å². The highest BCUT2D eigenvalue weighted by atomic mass is 16.5. The van der Waals surface area contributed by atoms with Gasteiger partial charge in [-0.3, -0.25) is 34.2 Å². The van der Waals surface area contributed by atoms with Gasteiger partial charge in [0, 0.05) is 19.5 Å². The molecule has 2 aliphatic heterocycles. The number of carboxylic acid groups (broad SMARTS) is 1. The van der Waals surface area contributed by atoms with Crippen molar-refractivity contribution in [1.29, 1.82) is 0 Å². The van der Waals surface area contributed by atoms with E-state index in [4.69, 9.17) is 9.84 Å². The quantitative estimate of drug-likeness (QED) is 0.317. The van der Waals surface area contributed by atoms with Gasteiger partial charge >= 0.3 is 6.09 Å². The number of piperidine rings is 1. The summed E-state index contributed by atoms with van der Waals surface area (Å²) < 4.78 is 5.38. The molecule has 1 aromatic carbocycles. The highest BCUT2D eigenvalue weighted by molar-refractivity contribution is 6.24. The molecule has 0 aliphatic carbocycles. The number of carbonyl (C=O) groups is 6. The summed E-state index contributed by atoms with van der Waals surface area (Å²) in [6, 6.07) is 3.19. The summed E-state index contributed by atoms with van der Waals surface area (Å²) in [6.45, 7) is -0.415. The first-order chi connectivity index (χ1) is 14.3. The van der Waals surface area contributed by atoms with Crippen LogP contribution in [0.1, 0.15) is 33.6 Å². The Labute approximate surface area is 169 Å². The molecule has 12 heteroatoms. The highest BCUT2D eigenvalue weighted by Crippen LogP contribution is 2.33. The number of hydrogen-bond acceptors (Lipinski definition) is 7. The maximum atomic E-state index is 12.9. The lowest BCUT2D eigenvalue weighted by molar-refractivity contribution is -0.136. The van der Waals surface area contributed by atoms with Crippen LogP contribution >= 0.6 is 0 Å². The Bertz CT molecular complexity index is 944. The number of amides is 6. The van der Waals surface area contributed by atoms with Gasteiger partial charge < -0.3 is 20.5 Å². The summed E-state index contributed by atoms with van der Waals surface area (Å²) in [5, 5.41) is 15.1. The van der Waals surface area contributed by atoms with Crippen molar-refractivity contribution in [2.24, 2.45) is 0 Å². The van der Waals surface area contributed by atoms with Gasteiger partial charge in [-0.2, -0.15) is 0 Å². The zero-order valence-electron chi connectivity index (χ0n) is 15.6. The van der Waals surface area contributed by atoms with Gasteiger partial charge in [-0.1, -0.05) is 6.07 Å². The van der Waals surface area contributed by atoms with Crippen LogP contribution in [0, 0.1) is 0 Å². The second kappa shape index (κ2) is 8.59. The molecule has 0 saturated carbocycles. The van der Waals surface area contributed by atoms with Crippen LogP contribution < -0.4 is 20.7 Å². The minimum atomic E-state index is -1.22. The first kappa shape index (κ1) is 20.8. The molecular formula is C18H18N4O8. The number of imide groups is 2. The molecule has 0 radical (unpaired) electrons. The third-order valence-corrected chi connectivity index (χ3v) is 4.51. The Kier molecular flexibility index (Phi) is 5.95. The van der Waals surface area contributed by atoms with Gasteiger partial charge in [-0.15, -0.1) is 0 Å². The Morgan fingerprint density at radius 2 is 1.87 bits per heavy atom. The fourth-order valence-electron chi connectivity index (χ4n) is 3.17. The zero-order chi connectivity index (χ0) is 21.8. The Morgan fingerprint density at radius 3 is 2.57 bits per heavy atom. The van der Waals surface area contributed by atoms with Crippen molar-refractivity contribution < 1.29 is 38.6 Å². The van der Waals surface area contributed by atoms with Crippen molar-refractivity contribution in [3.05, 3.63) is 29.3 Å². The average Bonchev–Trinajstić information content (AvgIpc) is 2.95. The molecule has 1 unspecified atom stereocenters. The smallest absolute Gasteiger partial charge is 0.404 e. The second-order valence-electron chi connectivity index (χ2n) is 6.50. The maximum absolute atomic E-state index is 12.9. The van der Waals surface area contributed by atoms with E-state index in [2.05, 4.69) is 16.0 Å². The Hall–Kier alpha value is -3.96. The van der Waals surface area contributed by atoms with Crippen LogP contribution in [0.15, 0.2) is 18.2 Å². The Balaban J connectivity index is 1.68. The third kappa shape index (κ3) is 4.21. The van der Waals surface area contributed by atoms with Crippen molar-refractivity contribution in [2.75, 3.05) is 19.7 Å². The number of nitrogens with one attached hydrogen (secondary N) is 3. The van der Waals surface area contributed by atoms with Gasteiger partial charge in [0.1, 0.15) is 11.8 Å². The first-order valence-corrected chi connectivity index (χ1v) is 9.00. The summed E-state index contributed by atoms with van der Waals surface area (Å²) in [6.07, 6.45) is -1.19. The summed E-state index contributed by atoms with van der Waals surface area (Å²) in [7, 11) is 0. The molecular weight excluding hydrogens is 400 g/mol. The van der Waals surface area contributed by atoms with Crippen LogP contribution in [-0.2, 0) is 14.4 Å². The number of ether oxygens (including phenoxy) is 1. The summed E-state index contributed by atoms with van der Waals surface area (Å²) >= 11 is 0. The molecule has 3 rings (SSSR count). The molecule has 0 bridgehead atoms. The molecule has 2 aliphatic rings. The minimum Gasteiger partial charge on any atom is -0.483 e. The molecule has 158 valence electrons.